The van der Waals surface area contributed by atoms with Gasteiger partial charge in [0.1, 0.15) is 11.5 Å². The molecular weight excluding hydrogens is 510 g/mol. The average molecular weight is 546 g/mol. The van der Waals surface area contributed by atoms with Crippen molar-refractivity contribution in [1.82, 2.24) is 14.8 Å². The molecule has 2 aromatic carbocycles. The van der Waals surface area contributed by atoms with Crippen molar-refractivity contribution < 1.29 is 18.7 Å². The van der Waals surface area contributed by atoms with Crippen molar-refractivity contribution in [2.75, 3.05) is 32.1 Å². The van der Waals surface area contributed by atoms with Gasteiger partial charge in [-0.2, -0.15) is 0 Å². The zero-order chi connectivity index (χ0) is 28.4. The number of H-pyrrole nitrogens is 1. The second kappa shape index (κ2) is 11.3. The van der Waals surface area contributed by atoms with E-state index >= 15 is 0 Å². The number of carbonyl (C=O) groups excluding carboxylic acids is 1. The molecule has 2 amide bonds. The maximum absolute atomic E-state index is 13.1. The van der Waals surface area contributed by atoms with E-state index in [4.69, 9.17) is 13.9 Å². The molecule has 3 aromatic rings. The number of allylic oxidation sites excluding steroid dienone is 1. The molecule has 0 saturated carbocycles. The Morgan fingerprint density at radius 3 is 2.62 bits per heavy atom. The van der Waals surface area contributed by atoms with Crippen LogP contribution >= 0.6 is 0 Å². The summed E-state index contributed by atoms with van der Waals surface area (Å²) in [6.07, 6.45) is 4.25. The normalized spacial score (nSPS) is 16.3. The highest BCUT2D eigenvalue weighted by Gasteiger charge is 2.30. The van der Waals surface area contributed by atoms with E-state index in [1.54, 1.807) is 13.2 Å². The number of ether oxygens (including phenoxy) is 2. The number of aliphatic imine (C=N–C) groups is 1. The number of aromatic amines is 1. The van der Waals surface area contributed by atoms with Gasteiger partial charge in [0.05, 0.1) is 12.6 Å². The molecule has 2 aliphatic heterocycles. The molecule has 2 N–H and O–H groups in total. The van der Waals surface area contributed by atoms with Crippen LogP contribution in [0.1, 0.15) is 37.8 Å². The largest absolute Gasteiger partial charge is 0.497 e. The highest BCUT2D eigenvalue weighted by atomic mass is 16.5. The lowest BCUT2D eigenvalue weighted by molar-refractivity contribution is 0.145. The third-order valence-corrected chi connectivity index (χ3v) is 7.30. The molecular formula is C30H35N5O5. The van der Waals surface area contributed by atoms with Crippen molar-refractivity contribution >= 4 is 28.5 Å². The number of hydrogen-bond donors (Lipinski definition) is 2. The first-order valence-corrected chi connectivity index (χ1v) is 13.4. The van der Waals surface area contributed by atoms with Crippen LogP contribution in [0, 0.1) is 6.92 Å². The highest BCUT2D eigenvalue weighted by molar-refractivity contribution is 5.91. The number of carbonyl (C=O) groups is 1. The molecule has 210 valence electrons. The van der Waals surface area contributed by atoms with E-state index in [1.165, 1.54) is 0 Å². The maximum Gasteiger partial charge on any atom is 0.417 e. The fourth-order valence-corrected chi connectivity index (χ4v) is 5.28. The molecule has 1 fully saturated rings. The number of aromatic nitrogens is 1. The predicted octanol–water partition coefficient (Wildman–Crippen LogP) is 5.21. The van der Waals surface area contributed by atoms with Crippen LogP contribution in [0.4, 0.5) is 10.5 Å². The topological polar surface area (TPSA) is 112 Å². The molecule has 40 heavy (non-hydrogen) atoms. The van der Waals surface area contributed by atoms with Crippen LogP contribution in [0.3, 0.4) is 0 Å². The van der Waals surface area contributed by atoms with E-state index in [1.807, 2.05) is 56.0 Å². The Bertz CT molecular complexity index is 1550. The summed E-state index contributed by atoms with van der Waals surface area (Å²) in [5, 5.41) is 3.07. The summed E-state index contributed by atoms with van der Waals surface area (Å²) in [4.78, 5) is 36.1. The molecule has 3 heterocycles. The maximum atomic E-state index is 13.1. The fourth-order valence-electron chi connectivity index (χ4n) is 5.28. The Kier molecular flexibility index (Phi) is 7.68. The number of urea groups is 1. The number of amides is 2. The van der Waals surface area contributed by atoms with Crippen LogP contribution in [0.15, 0.2) is 68.8 Å². The van der Waals surface area contributed by atoms with Crippen molar-refractivity contribution in [1.29, 1.82) is 0 Å². The van der Waals surface area contributed by atoms with Crippen molar-refractivity contribution in [3.63, 3.8) is 0 Å². The number of anilines is 1. The van der Waals surface area contributed by atoms with E-state index in [9.17, 15) is 9.59 Å². The zero-order valence-electron chi connectivity index (χ0n) is 23.4. The molecule has 10 heteroatoms. The lowest BCUT2D eigenvalue weighted by atomic mass is 10.0. The molecule has 0 aliphatic carbocycles. The van der Waals surface area contributed by atoms with Crippen LogP contribution in [-0.4, -0.2) is 59.3 Å². The zero-order valence-corrected chi connectivity index (χ0v) is 23.4. The van der Waals surface area contributed by atoms with E-state index in [2.05, 4.69) is 26.8 Å². The van der Waals surface area contributed by atoms with Crippen molar-refractivity contribution in [2.45, 2.75) is 46.1 Å². The highest BCUT2D eigenvalue weighted by Crippen LogP contribution is 2.29. The monoisotopic (exact) mass is 545 g/mol. The molecule has 5 rings (SSSR count). The summed E-state index contributed by atoms with van der Waals surface area (Å²) >= 11 is 0. The van der Waals surface area contributed by atoms with Gasteiger partial charge in [0.15, 0.2) is 5.58 Å². The van der Waals surface area contributed by atoms with E-state index in [0.717, 1.165) is 66.3 Å². The molecule has 0 radical (unpaired) electrons. The molecule has 10 nitrogen and oxygen atoms in total. The molecule has 0 atom stereocenters. The Balaban J connectivity index is 1.24. The van der Waals surface area contributed by atoms with Gasteiger partial charge in [-0.25, -0.2) is 14.6 Å². The minimum absolute atomic E-state index is 0.0601. The molecule has 1 aromatic heterocycles. The molecule has 2 aliphatic rings. The number of piperidine rings is 1. The van der Waals surface area contributed by atoms with Gasteiger partial charge >= 0.3 is 11.8 Å². The number of methoxy groups -OCH3 is 1. The van der Waals surface area contributed by atoms with Gasteiger partial charge < -0.3 is 29.0 Å². The number of oxazole rings is 1. The predicted molar refractivity (Wildman–Crippen MR) is 155 cm³/mol. The van der Waals surface area contributed by atoms with Gasteiger partial charge in [-0.3, -0.25) is 4.98 Å². The quantitative estimate of drug-likeness (QED) is 0.240. The van der Waals surface area contributed by atoms with Crippen LogP contribution in [0.25, 0.3) is 11.1 Å². The second-order valence-corrected chi connectivity index (χ2v) is 10.4. The van der Waals surface area contributed by atoms with Crippen LogP contribution < -0.4 is 20.5 Å². The Hall–Kier alpha value is -4.47. The molecule has 0 unspecified atom stereocenters. The Labute approximate surface area is 233 Å². The summed E-state index contributed by atoms with van der Waals surface area (Å²) < 4.78 is 16.7. The number of likely N-dealkylation sites (tertiary alicyclic amines) is 1. The Morgan fingerprint density at radius 2 is 1.90 bits per heavy atom. The van der Waals surface area contributed by atoms with Crippen molar-refractivity contribution in [3.8, 4) is 11.5 Å². The van der Waals surface area contributed by atoms with Gasteiger partial charge in [0.2, 0.25) is 5.88 Å². The van der Waals surface area contributed by atoms with Gasteiger partial charge in [-0.15, -0.1) is 0 Å². The SMILES string of the molecule is C=C(/C=C(\N=C(C)C)Oc1cc(C)c2[nH]c(=O)oc2c1)N1CCC(N2CCc3cc(OC)ccc3NC2=O)CC1. The first kappa shape index (κ1) is 27.1. The summed E-state index contributed by atoms with van der Waals surface area (Å²) in [6, 6.07) is 9.34. The number of fused-ring (bicyclic) bond motifs is 2. The minimum Gasteiger partial charge on any atom is -0.497 e. The van der Waals surface area contributed by atoms with Gasteiger partial charge in [0, 0.05) is 54.9 Å². The fraction of sp³-hybridized carbons (Fsp3) is 0.367. The van der Waals surface area contributed by atoms with E-state index in [0.29, 0.717) is 29.3 Å². The van der Waals surface area contributed by atoms with Crippen molar-refractivity contribution in [3.05, 3.63) is 76.2 Å². The number of nitrogens with zero attached hydrogens (tertiary/aromatic N) is 3. The van der Waals surface area contributed by atoms with E-state index in [-0.39, 0.29) is 12.1 Å². The number of hydrogen-bond acceptors (Lipinski definition) is 7. The summed E-state index contributed by atoms with van der Waals surface area (Å²) in [5.41, 5.74) is 5.44. The van der Waals surface area contributed by atoms with Crippen LogP contribution in [-0.2, 0) is 6.42 Å². The third-order valence-electron chi connectivity index (χ3n) is 7.30. The standard InChI is InChI=1S/C30H35N5O5/c1-18(2)31-27(39-24-14-19(3)28-26(17-24)40-30(37)33-28)15-20(4)34-11-9-22(10-12-34)35-13-8-21-16-23(38-5)6-7-25(21)32-29(35)36/h6-7,14-17,22H,4,8-13H2,1-3,5H3,(H,32,36)(H,33,37)/b27-15+. The van der Waals surface area contributed by atoms with Crippen LogP contribution in [0.2, 0.25) is 0 Å². The van der Waals surface area contributed by atoms with Gasteiger partial charge in [-0.05, 0) is 75.4 Å². The smallest absolute Gasteiger partial charge is 0.417 e. The lowest BCUT2D eigenvalue weighted by Crippen LogP contribution is -2.48. The first-order valence-electron chi connectivity index (χ1n) is 13.4. The summed E-state index contributed by atoms with van der Waals surface area (Å²) in [6.45, 7) is 12.1. The molecule has 0 spiro atoms. The molecule has 1 saturated heterocycles. The molecule has 0 bridgehead atoms. The summed E-state index contributed by atoms with van der Waals surface area (Å²) in [5.74, 6) is 1.19. The number of benzene rings is 2. The second-order valence-electron chi connectivity index (χ2n) is 10.4. The van der Waals surface area contributed by atoms with Gasteiger partial charge in [-0.1, -0.05) is 6.58 Å². The third kappa shape index (κ3) is 5.90. The van der Waals surface area contributed by atoms with E-state index < -0.39 is 5.76 Å². The van der Waals surface area contributed by atoms with Gasteiger partial charge in [0.25, 0.3) is 0 Å². The lowest BCUT2D eigenvalue weighted by Gasteiger charge is -2.39. The first-order chi connectivity index (χ1) is 19.2. The Morgan fingerprint density at radius 1 is 1.12 bits per heavy atom. The number of nitrogens with one attached hydrogen (secondary N) is 2. The van der Waals surface area contributed by atoms with Crippen molar-refractivity contribution in [2.24, 2.45) is 4.99 Å². The summed E-state index contributed by atoms with van der Waals surface area (Å²) in [7, 11) is 1.65. The number of rotatable bonds is 7. The van der Waals surface area contributed by atoms with Crippen LogP contribution in [0.5, 0.6) is 11.5 Å². The number of aryl methyl sites for hydroxylation is 1. The average Bonchev–Trinajstić information content (AvgIpc) is 3.21. The minimum atomic E-state index is -0.507.